The highest BCUT2D eigenvalue weighted by atomic mass is 32.1. The molecular weight excluding hydrogens is 360 g/mol. The number of halogens is 2. The van der Waals surface area contributed by atoms with E-state index in [1.54, 1.807) is 12.1 Å². The number of benzene rings is 1. The Bertz CT molecular complexity index is 727. The van der Waals surface area contributed by atoms with Crippen LogP contribution < -0.4 is 15.4 Å². The third-order valence-electron chi connectivity index (χ3n) is 3.61. The average Bonchev–Trinajstić information content (AvgIpc) is 3.04. The first-order valence-corrected chi connectivity index (χ1v) is 9.07. The van der Waals surface area contributed by atoms with Gasteiger partial charge in [-0.15, -0.1) is 11.3 Å². The number of aromatic nitrogens is 1. The minimum absolute atomic E-state index is 0.0308. The highest BCUT2D eigenvalue weighted by molar-refractivity contribution is 7.09. The Hall–Kier alpha value is -2.22. The maximum Gasteiger partial charge on any atom is 0.387 e. The summed E-state index contributed by atoms with van der Waals surface area (Å²) in [5.74, 6) is 0.0836. The molecule has 26 heavy (non-hydrogen) atoms. The minimum atomic E-state index is -2.85. The number of rotatable bonds is 6. The molecule has 1 heterocycles. The van der Waals surface area contributed by atoms with E-state index in [9.17, 15) is 13.6 Å². The molecule has 1 unspecified atom stereocenters. The van der Waals surface area contributed by atoms with Crippen LogP contribution in [0.3, 0.4) is 0 Å². The van der Waals surface area contributed by atoms with E-state index in [1.807, 2.05) is 12.3 Å². The van der Waals surface area contributed by atoms with E-state index in [1.165, 1.54) is 23.5 Å². The van der Waals surface area contributed by atoms with E-state index in [0.717, 1.165) is 16.3 Å². The monoisotopic (exact) mass is 383 g/mol. The molecule has 0 fully saturated rings. The van der Waals surface area contributed by atoms with Gasteiger partial charge in [-0.1, -0.05) is 32.9 Å². The number of hydrogen-bond donors (Lipinski definition) is 2. The summed E-state index contributed by atoms with van der Waals surface area (Å²) in [7, 11) is 0. The van der Waals surface area contributed by atoms with Crippen LogP contribution in [-0.4, -0.2) is 17.6 Å². The molecule has 0 aliphatic rings. The number of ether oxygens (including phenoxy) is 1. The summed E-state index contributed by atoms with van der Waals surface area (Å²) in [6.45, 7) is 5.58. The first-order chi connectivity index (χ1) is 12.1. The van der Waals surface area contributed by atoms with Gasteiger partial charge in [0.05, 0.1) is 11.7 Å². The number of hydrogen-bond acceptors (Lipinski definition) is 4. The van der Waals surface area contributed by atoms with Gasteiger partial charge in [0.25, 0.3) is 0 Å². The van der Waals surface area contributed by atoms with Gasteiger partial charge in [0.2, 0.25) is 0 Å². The highest BCUT2D eigenvalue weighted by Crippen LogP contribution is 2.26. The van der Waals surface area contributed by atoms with E-state index in [2.05, 4.69) is 41.1 Å². The Morgan fingerprint density at radius 2 is 1.92 bits per heavy atom. The van der Waals surface area contributed by atoms with Crippen LogP contribution in [0, 0.1) is 0 Å². The van der Waals surface area contributed by atoms with Crippen molar-refractivity contribution in [1.82, 2.24) is 15.6 Å². The van der Waals surface area contributed by atoms with Crippen LogP contribution in [0.5, 0.6) is 5.75 Å². The number of thiazole rings is 1. The molecule has 2 aromatic rings. The average molecular weight is 383 g/mol. The zero-order valence-corrected chi connectivity index (χ0v) is 16.0. The summed E-state index contributed by atoms with van der Waals surface area (Å²) in [6.07, 6.45) is 0. The Balaban J connectivity index is 1.83. The van der Waals surface area contributed by atoms with E-state index in [-0.39, 0.29) is 29.8 Å². The van der Waals surface area contributed by atoms with Crippen LogP contribution in [0.4, 0.5) is 13.6 Å². The van der Waals surface area contributed by atoms with E-state index >= 15 is 0 Å². The van der Waals surface area contributed by atoms with Crippen molar-refractivity contribution in [3.05, 3.63) is 45.9 Å². The second kappa shape index (κ2) is 8.44. The van der Waals surface area contributed by atoms with Crippen molar-refractivity contribution in [3.63, 3.8) is 0 Å². The lowest BCUT2D eigenvalue weighted by Crippen LogP contribution is -2.36. The van der Waals surface area contributed by atoms with E-state index < -0.39 is 6.61 Å². The van der Waals surface area contributed by atoms with Crippen LogP contribution in [0.1, 0.15) is 50.0 Å². The maximum atomic E-state index is 12.1. The van der Waals surface area contributed by atoms with Gasteiger partial charge < -0.3 is 15.4 Å². The molecule has 0 spiro atoms. The van der Waals surface area contributed by atoms with Crippen LogP contribution in [0.25, 0.3) is 0 Å². The molecule has 0 aliphatic carbocycles. The van der Waals surface area contributed by atoms with Gasteiger partial charge in [0.1, 0.15) is 10.8 Å². The van der Waals surface area contributed by atoms with Crippen LogP contribution in [0.2, 0.25) is 0 Å². The summed E-state index contributed by atoms with van der Waals surface area (Å²) in [5.41, 5.74) is 1.74. The second-order valence-corrected chi connectivity index (χ2v) is 7.78. The number of carbonyl (C=O) groups is 1. The van der Waals surface area contributed by atoms with Crippen molar-refractivity contribution in [2.24, 2.45) is 0 Å². The Morgan fingerprint density at radius 3 is 2.46 bits per heavy atom. The van der Waals surface area contributed by atoms with Gasteiger partial charge in [0, 0.05) is 17.3 Å². The molecule has 2 amide bonds. The van der Waals surface area contributed by atoms with Gasteiger partial charge in [-0.25, -0.2) is 9.78 Å². The molecule has 2 rings (SSSR count). The molecule has 1 aromatic heterocycles. The number of carbonyl (C=O) groups excluding carboxylic acids is 1. The molecule has 1 atom stereocenters. The fraction of sp³-hybridized carbons (Fsp3) is 0.444. The van der Waals surface area contributed by atoms with E-state index in [0.29, 0.717) is 0 Å². The molecule has 0 radical (unpaired) electrons. The summed E-state index contributed by atoms with van der Waals surface area (Å²) >= 11 is 1.52. The predicted octanol–water partition coefficient (Wildman–Crippen LogP) is 4.60. The summed E-state index contributed by atoms with van der Waals surface area (Å²) in [4.78, 5) is 16.6. The van der Waals surface area contributed by atoms with Crippen molar-refractivity contribution < 1.29 is 18.3 Å². The number of nitrogens with zero attached hydrogens (tertiary/aromatic N) is 1. The van der Waals surface area contributed by atoms with Crippen molar-refractivity contribution in [1.29, 1.82) is 0 Å². The number of alkyl halides is 2. The van der Waals surface area contributed by atoms with E-state index in [4.69, 9.17) is 0 Å². The first kappa shape index (κ1) is 20.1. The largest absolute Gasteiger partial charge is 0.435 e. The van der Waals surface area contributed by atoms with Gasteiger partial charge in [-0.2, -0.15) is 8.78 Å². The zero-order chi connectivity index (χ0) is 19.3. The molecule has 0 aliphatic heterocycles. The highest BCUT2D eigenvalue weighted by Gasteiger charge is 2.20. The Labute approximate surface area is 155 Å². The predicted molar refractivity (Wildman–Crippen MR) is 97.7 cm³/mol. The standard InChI is InChI=1S/C18H23F2N3O2S/c1-11(15-23-14(10-26-15)18(2,3)4)22-17(24)21-9-12-5-7-13(8-6-12)25-16(19)20/h5-8,10-11,16H,9H2,1-4H3,(H2,21,22,24). The third kappa shape index (κ3) is 5.94. The van der Waals surface area contributed by atoms with Crippen LogP contribution >= 0.6 is 11.3 Å². The third-order valence-corrected chi connectivity index (χ3v) is 4.64. The zero-order valence-electron chi connectivity index (χ0n) is 15.2. The topological polar surface area (TPSA) is 63.2 Å². The smallest absolute Gasteiger partial charge is 0.387 e. The minimum Gasteiger partial charge on any atom is -0.435 e. The van der Waals surface area contributed by atoms with Crippen molar-refractivity contribution in [2.75, 3.05) is 0 Å². The number of urea groups is 1. The molecule has 1 aromatic carbocycles. The van der Waals surface area contributed by atoms with Crippen molar-refractivity contribution >= 4 is 17.4 Å². The fourth-order valence-corrected chi connectivity index (χ4v) is 3.16. The normalized spacial score (nSPS) is 12.7. The molecular formula is C18H23F2N3O2S. The second-order valence-electron chi connectivity index (χ2n) is 6.89. The molecule has 2 N–H and O–H groups in total. The Kier molecular flexibility index (Phi) is 6.52. The van der Waals surface area contributed by atoms with Gasteiger partial charge in [-0.05, 0) is 24.6 Å². The lowest BCUT2D eigenvalue weighted by Gasteiger charge is -2.15. The molecule has 0 bridgehead atoms. The van der Waals surface area contributed by atoms with Crippen molar-refractivity contribution in [3.8, 4) is 5.75 Å². The number of amides is 2. The lowest BCUT2D eigenvalue weighted by molar-refractivity contribution is -0.0498. The Morgan fingerprint density at radius 1 is 1.27 bits per heavy atom. The molecule has 8 heteroatoms. The fourth-order valence-electron chi connectivity index (χ4n) is 2.11. The van der Waals surface area contributed by atoms with Gasteiger partial charge in [0.15, 0.2) is 0 Å². The SMILES string of the molecule is CC(NC(=O)NCc1ccc(OC(F)F)cc1)c1nc(C(C)(C)C)cs1. The van der Waals surface area contributed by atoms with Gasteiger partial charge in [-0.3, -0.25) is 0 Å². The van der Waals surface area contributed by atoms with Crippen LogP contribution in [0.15, 0.2) is 29.6 Å². The van der Waals surface area contributed by atoms with Crippen LogP contribution in [-0.2, 0) is 12.0 Å². The van der Waals surface area contributed by atoms with Crippen molar-refractivity contribution in [2.45, 2.75) is 52.3 Å². The first-order valence-electron chi connectivity index (χ1n) is 8.19. The summed E-state index contributed by atoms with van der Waals surface area (Å²) in [6, 6.07) is 5.59. The summed E-state index contributed by atoms with van der Waals surface area (Å²) in [5, 5.41) is 8.43. The molecule has 0 saturated carbocycles. The maximum absolute atomic E-state index is 12.1. The lowest BCUT2D eigenvalue weighted by atomic mass is 9.93. The molecule has 142 valence electrons. The molecule has 0 saturated heterocycles. The summed E-state index contributed by atoms with van der Waals surface area (Å²) < 4.78 is 28.5. The van der Waals surface area contributed by atoms with Gasteiger partial charge >= 0.3 is 12.6 Å². The number of nitrogens with one attached hydrogen (secondary N) is 2. The quantitative estimate of drug-likeness (QED) is 0.766. The molecule has 5 nitrogen and oxygen atoms in total.